The van der Waals surface area contributed by atoms with Crippen molar-refractivity contribution in [2.75, 3.05) is 6.54 Å². The number of para-hydroxylation sites is 1. The van der Waals surface area contributed by atoms with Crippen molar-refractivity contribution in [2.45, 2.75) is 51.5 Å². The molecule has 0 aliphatic heterocycles. The number of aromatic nitrogens is 1. The number of rotatable bonds is 4. The van der Waals surface area contributed by atoms with E-state index in [4.69, 9.17) is 5.73 Å². The van der Waals surface area contributed by atoms with E-state index in [2.05, 4.69) is 46.6 Å². The molecule has 126 valence electrons. The van der Waals surface area contributed by atoms with Crippen molar-refractivity contribution in [3.05, 3.63) is 35.5 Å². The van der Waals surface area contributed by atoms with Gasteiger partial charge in [-0.2, -0.15) is 0 Å². The number of aliphatic imine (C=N–C) groups is 1. The molecule has 1 aromatic heterocycles. The standard InChI is InChI=1S/C18H26N4.HI/c1-13-6-5-9-16-14(12-21-17(13)16)10-11-20-18(19)22-15-7-3-2-4-8-15;/h5-6,9,12,15,21H,2-4,7-8,10-11H2,1H3,(H3,19,20,22);1H. The van der Waals surface area contributed by atoms with Gasteiger partial charge in [-0.25, -0.2) is 0 Å². The molecule has 1 fully saturated rings. The molecule has 2 aromatic rings. The van der Waals surface area contributed by atoms with Crippen LogP contribution in [0.5, 0.6) is 0 Å². The third kappa shape index (κ3) is 4.62. The number of hydrogen-bond donors (Lipinski definition) is 3. The largest absolute Gasteiger partial charge is 0.370 e. The lowest BCUT2D eigenvalue weighted by atomic mass is 9.96. The first-order valence-electron chi connectivity index (χ1n) is 8.36. The van der Waals surface area contributed by atoms with Gasteiger partial charge in [0.15, 0.2) is 5.96 Å². The fourth-order valence-electron chi connectivity index (χ4n) is 3.37. The molecular formula is C18H27IN4. The Morgan fingerprint density at radius 2 is 2.09 bits per heavy atom. The number of guanidine groups is 1. The Morgan fingerprint density at radius 1 is 1.30 bits per heavy atom. The summed E-state index contributed by atoms with van der Waals surface area (Å²) in [6.45, 7) is 2.86. The van der Waals surface area contributed by atoms with Gasteiger partial charge in [0.1, 0.15) is 0 Å². The van der Waals surface area contributed by atoms with E-state index in [1.54, 1.807) is 0 Å². The van der Waals surface area contributed by atoms with Crippen LogP contribution >= 0.6 is 24.0 Å². The lowest BCUT2D eigenvalue weighted by molar-refractivity contribution is 0.412. The summed E-state index contributed by atoms with van der Waals surface area (Å²) in [5.74, 6) is 0.600. The lowest BCUT2D eigenvalue weighted by Gasteiger charge is -2.23. The maximum Gasteiger partial charge on any atom is 0.188 e. The number of hydrogen-bond acceptors (Lipinski definition) is 1. The average Bonchev–Trinajstić information content (AvgIpc) is 2.93. The van der Waals surface area contributed by atoms with E-state index in [1.807, 2.05) is 0 Å². The van der Waals surface area contributed by atoms with Crippen LogP contribution in [0.15, 0.2) is 29.4 Å². The van der Waals surface area contributed by atoms with Crippen LogP contribution in [-0.2, 0) is 6.42 Å². The van der Waals surface area contributed by atoms with E-state index in [0.29, 0.717) is 12.0 Å². The molecule has 23 heavy (non-hydrogen) atoms. The summed E-state index contributed by atoms with van der Waals surface area (Å²) in [5.41, 5.74) is 9.84. The van der Waals surface area contributed by atoms with Crippen molar-refractivity contribution < 1.29 is 0 Å². The van der Waals surface area contributed by atoms with Crippen molar-refractivity contribution in [1.29, 1.82) is 0 Å². The van der Waals surface area contributed by atoms with E-state index in [1.165, 1.54) is 54.1 Å². The molecule has 1 aromatic carbocycles. The summed E-state index contributed by atoms with van der Waals surface area (Å²) in [6, 6.07) is 6.93. The SMILES string of the molecule is Cc1cccc2c(CCN=C(N)NC3CCCCC3)c[nH]c12.I. The zero-order valence-corrected chi connectivity index (χ0v) is 16.1. The molecule has 0 amide bonds. The first kappa shape index (κ1) is 18.1. The number of H-pyrrole nitrogens is 1. The van der Waals surface area contributed by atoms with Crippen LogP contribution in [0.3, 0.4) is 0 Å². The first-order chi connectivity index (χ1) is 10.7. The maximum absolute atomic E-state index is 6.01. The molecule has 0 radical (unpaired) electrons. The fraction of sp³-hybridized carbons (Fsp3) is 0.500. The monoisotopic (exact) mass is 426 g/mol. The minimum Gasteiger partial charge on any atom is -0.370 e. The quantitative estimate of drug-likeness (QED) is 0.395. The van der Waals surface area contributed by atoms with Crippen LogP contribution in [0.2, 0.25) is 0 Å². The molecular weight excluding hydrogens is 399 g/mol. The zero-order chi connectivity index (χ0) is 15.4. The predicted molar refractivity (Wildman–Crippen MR) is 109 cm³/mol. The smallest absolute Gasteiger partial charge is 0.188 e. The van der Waals surface area contributed by atoms with Gasteiger partial charge in [-0.1, -0.05) is 37.5 Å². The van der Waals surface area contributed by atoms with Crippen LogP contribution < -0.4 is 11.1 Å². The normalized spacial score (nSPS) is 16.3. The third-order valence-electron chi connectivity index (χ3n) is 4.63. The summed E-state index contributed by atoms with van der Waals surface area (Å²) in [5, 5.41) is 4.67. The van der Waals surface area contributed by atoms with Crippen LogP contribution in [-0.4, -0.2) is 23.5 Å². The highest BCUT2D eigenvalue weighted by atomic mass is 127. The van der Waals surface area contributed by atoms with Gasteiger partial charge >= 0.3 is 0 Å². The molecule has 0 unspecified atom stereocenters. The molecule has 0 atom stereocenters. The number of aromatic amines is 1. The molecule has 1 aliphatic rings. The number of halogens is 1. The Morgan fingerprint density at radius 3 is 2.87 bits per heavy atom. The van der Waals surface area contributed by atoms with Gasteiger partial charge in [-0.3, -0.25) is 4.99 Å². The molecule has 1 saturated carbocycles. The van der Waals surface area contributed by atoms with Crippen LogP contribution in [0.4, 0.5) is 0 Å². The van der Waals surface area contributed by atoms with Crippen molar-refractivity contribution in [1.82, 2.24) is 10.3 Å². The van der Waals surface area contributed by atoms with E-state index in [0.717, 1.165) is 13.0 Å². The highest BCUT2D eigenvalue weighted by molar-refractivity contribution is 14.0. The van der Waals surface area contributed by atoms with Crippen molar-refractivity contribution in [3.8, 4) is 0 Å². The number of nitrogens with one attached hydrogen (secondary N) is 2. The van der Waals surface area contributed by atoms with Crippen molar-refractivity contribution >= 4 is 40.8 Å². The Labute approximate surface area is 155 Å². The average molecular weight is 426 g/mol. The number of nitrogens with zero attached hydrogens (tertiary/aromatic N) is 1. The molecule has 0 spiro atoms. The Kier molecular flexibility index (Phi) is 6.74. The number of fused-ring (bicyclic) bond motifs is 1. The van der Waals surface area contributed by atoms with E-state index < -0.39 is 0 Å². The summed E-state index contributed by atoms with van der Waals surface area (Å²) in [6.07, 6.45) is 9.42. The third-order valence-corrected chi connectivity index (χ3v) is 4.63. The van der Waals surface area contributed by atoms with Gasteiger partial charge in [0.2, 0.25) is 0 Å². The second kappa shape index (κ2) is 8.57. The van der Waals surface area contributed by atoms with Gasteiger partial charge in [-0.15, -0.1) is 24.0 Å². The van der Waals surface area contributed by atoms with Crippen molar-refractivity contribution in [3.63, 3.8) is 0 Å². The van der Waals surface area contributed by atoms with E-state index in [-0.39, 0.29) is 24.0 Å². The molecule has 1 aliphatic carbocycles. The van der Waals surface area contributed by atoms with Gasteiger partial charge in [0, 0.05) is 29.7 Å². The van der Waals surface area contributed by atoms with Crippen LogP contribution in [0.25, 0.3) is 10.9 Å². The van der Waals surface area contributed by atoms with Gasteiger partial charge in [0.05, 0.1) is 0 Å². The Balaban J connectivity index is 0.00000192. The van der Waals surface area contributed by atoms with Crippen LogP contribution in [0.1, 0.15) is 43.2 Å². The highest BCUT2D eigenvalue weighted by Crippen LogP contribution is 2.21. The van der Waals surface area contributed by atoms with Crippen LogP contribution in [0, 0.1) is 6.92 Å². The highest BCUT2D eigenvalue weighted by Gasteiger charge is 2.13. The second-order valence-corrected chi connectivity index (χ2v) is 6.31. The summed E-state index contributed by atoms with van der Waals surface area (Å²) in [4.78, 5) is 7.86. The first-order valence-corrected chi connectivity index (χ1v) is 8.36. The predicted octanol–water partition coefficient (Wildman–Crippen LogP) is 3.87. The second-order valence-electron chi connectivity index (χ2n) is 6.31. The molecule has 4 N–H and O–H groups in total. The summed E-state index contributed by atoms with van der Waals surface area (Å²) in [7, 11) is 0. The minimum absolute atomic E-state index is 0. The van der Waals surface area contributed by atoms with Gasteiger partial charge in [0.25, 0.3) is 0 Å². The maximum atomic E-state index is 6.01. The fourth-order valence-corrected chi connectivity index (χ4v) is 3.37. The molecule has 0 saturated heterocycles. The van der Waals surface area contributed by atoms with Gasteiger partial charge < -0.3 is 16.0 Å². The number of benzene rings is 1. The number of nitrogens with two attached hydrogens (primary N) is 1. The Bertz CT molecular complexity index is 656. The molecule has 3 rings (SSSR count). The summed E-state index contributed by atoms with van der Waals surface area (Å²) < 4.78 is 0. The topological polar surface area (TPSA) is 66.2 Å². The van der Waals surface area contributed by atoms with E-state index in [9.17, 15) is 0 Å². The lowest BCUT2D eigenvalue weighted by Crippen LogP contribution is -2.41. The minimum atomic E-state index is 0. The zero-order valence-electron chi connectivity index (χ0n) is 13.8. The molecule has 1 heterocycles. The molecule has 4 nitrogen and oxygen atoms in total. The van der Waals surface area contributed by atoms with E-state index >= 15 is 0 Å². The van der Waals surface area contributed by atoms with Gasteiger partial charge in [-0.05, 0) is 37.3 Å². The molecule has 5 heteroatoms. The van der Waals surface area contributed by atoms with Crippen molar-refractivity contribution in [2.24, 2.45) is 10.7 Å². The molecule has 0 bridgehead atoms. The number of aryl methyl sites for hydroxylation is 1. The summed E-state index contributed by atoms with van der Waals surface area (Å²) >= 11 is 0. The Hall–Kier alpha value is -1.24.